The summed E-state index contributed by atoms with van der Waals surface area (Å²) >= 11 is 0. The largest absolute Gasteiger partial charge is 0.333 e. The molecule has 2 heterocycles. The third-order valence-electron chi connectivity index (χ3n) is 4.84. The minimum Gasteiger partial charge on any atom is -0.333 e. The first-order valence-electron chi connectivity index (χ1n) is 8.16. The van der Waals surface area contributed by atoms with Gasteiger partial charge in [0.15, 0.2) is 0 Å². The van der Waals surface area contributed by atoms with Gasteiger partial charge in [-0.2, -0.15) is 0 Å². The quantitative estimate of drug-likeness (QED) is 0.815. The topological polar surface area (TPSA) is 86.8 Å². The number of fused-ring (bicyclic) bond motifs is 1. The van der Waals surface area contributed by atoms with E-state index >= 15 is 0 Å². The van der Waals surface area contributed by atoms with E-state index in [9.17, 15) is 18.0 Å². The lowest BCUT2D eigenvalue weighted by molar-refractivity contribution is 0.0655. The Morgan fingerprint density at radius 2 is 2.00 bits per heavy atom. The highest BCUT2D eigenvalue weighted by Gasteiger charge is 2.49. The van der Waals surface area contributed by atoms with Gasteiger partial charge in [-0.1, -0.05) is 0 Å². The second-order valence-corrected chi connectivity index (χ2v) is 8.38. The van der Waals surface area contributed by atoms with Crippen LogP contribution in [0.4, 0.5) is 0 Å². The van der Waals surface area contributed by atoms with Crippen LogP contribution in [0.2, 0.25) is 0 Å². The zero-order chi connectivity index (χ0) is 17.1. The Balaban J connectivity index is 0.00000182. The maximum absolute atomic E-state index is 12.7. The van der Waals surface area contributed by atoms with Crippen LogP contribution in [0.3, 0.4) is 0 Å². The standard InChI is InChI=1S/C16H19N3O4S.ClH/c1-10-9-17-6-7-18(10)15(20)11-2-5-13-14(8-11)24(22,23)19(16(13)21)12-3-4-12;/h2,5,8,10,12,17H,3-4,6-7,9H2,1H3;1H/t10-;/m0./s1. The van der Waals surface area contributed by atoms with Crippen LogP contribution in [0.1, 0.15) is 40.5 Å². The molecule has 9 heteroatoms. The number of hydrogen-bond acceptors (Lipinski definition) is 5. The molecule has 1 saturated carbocycles. The minimum atomic E-state index is -3.83. The summed E-state index contributed by atoms with van der Waals surface area (Å²) in [5, 5.41) is 3.22. The third-order valence-corrected chi connectivity index (χ3v) is 6.71. The van der Waals surface area contributed by atoms with E-state index in [0.717, 1.165) is 4.31 Å². The van der Waals surface area contributed by atoms with E-state index in [4.69, 9.17) is 0 Å². The number of hydrogen-bond donors (Lipinski definition) is 1. The molecule has 1 aliphatic carbocycles. The fourth-order valence-corrected chi connectivity index (χ4v) is 5.20. The molecule has 1 aromatic carbocycles. The van der Waals surface area contributed by atoms with Crippen LogP contribution in [0.15, 0.2) is 23.1 Å². The molecule has 1 atom stereocenters. The molecule has 0 aromatic heterocycles. The summed E-state index contributed by atoms with van der Waals surface area (Å²) in [6, 6.07) is 4.21. The van der Waals surface area contributed by atoms with Gasteiger partial charge in [0.25, 0.3) is 21.8 Å². The molecule has 25 heavy (non-hydrogen) atoms. The van der Waals surface area contributed by atoms with Crippen molar-refractivity contribution in [3.05, 3.63) is 29.3 Å². The number of piperazine rings is 1. The Kier molecular flexibility index (Phi) is 4.55. The first kappa shape index (κ1) is 18.2. The molecule has 7 nitrogen and oxygen atoms in total. The van der Waals surface area contributed by atoms with Crippen LogP contribution in [0.5, 0.6) is 0 Å². The van der Waals surface area contributed by atoms with Crippen molar-refractivity contribution < 1.29 is 18.0 Å². The summed E-state index contributed by atoms with van der Waals surface area (Å²) in [5.74, 6) is -0.665. The van der Waals surface area contributed by atoms with Gasteiger partial charge in [0, 0.05) is 37.3 Å². The van der Waals surface area contributed by atoms with Crippen LogP contribution in [-0.4, -0.2) is 61.2 Å². The van der Waals surface area contributed by atoms with E-state index in [0.29, 0.717) is 38.0 Å². The van der Waals surface area contributed by atoms with Gasteiger partial charge >= 0.3 is 0 Å². The van der Waals surface area contributed by atoms with E-state index in [1.807, 2.05) is 6.92 Å². The molecular weight excluding hydrogens is 366 g/mol. The number of halogens is 1. The number of sulfonamides is 1. The average Bonchev–Trinajstić information content (AvgIpc) is 3.35. The second-order valence-electron chi connectivity index (χ2n) is 6.60. The molecule has 0 unspecified atom stereocenters. The lowest BCUT2D eigenvalue weighted by atomic mass is 10.1. The van der Waals surface area contributed by atoms with E-state index in [1.54, 1.807) is 11.0 Å². The van der Waals surface area contributed by atoms with Crippen molar-refractivity contribution in [2.75, 3.05) is 19.6 Å². The molecule has 3 aliphatic rings. The number of benzene rings is 1. The molecule has 1 N–H and O–H groups in total. The molecule has 0 spiro atoms. The van der Waals surface area contributed by atoms with Crippen molar-refractivity contribution in [1.29, 1.82) is 0 Å². The van der Waals surface area contributed by atoms with Gasteiger partial charge in [-0.3, -0.25) is 9.59 Å². The summed E-state index contributed by atoms with van der Waals surface area (Å²) in [6.07, 6.45) is 1.42. The Hall–Kier alpha value is -1.64. The molecule has 4 rings (SSSR count). The maximum Gasteiger partial charge on any atom is 0.269 e. The fraction of sp³-hybridized carbons (Fsp3) is 0.500. The highest BCUT2D eigenvalue weighted by molar-refractivity contribution is 7.90. The Morgan fingerprint density at radius 3 is 2.64 bits per heavy atom. The lowest BCUT2D eigenvalue weighted by Gasteiger charge is -2.34. The Morgan fingerprint density at radius 1 is 1.28 bits per heavy atom. The van der Waals surface area contributed by atoms with Crippen LogP contribution in [-0.2, 0) is 10.0 Å². The maximum atomic E-state index is 12.7. The summed E-state index contributed by atoms with van der Waals surface area (Å²) in [6.45, 7) is 3.96. The summed E-state index contributed by atoms with van der Waals surface area (Å²) in [7, 11) is -3.83. The normalized spacial score (nSPS) is 24.7. The first-order chi connectivity index (χ1) is 11.4. The molecule has 2 amide bonds. The highest BCUT2D eigenvalue weighted by atomic mass is 35.5. The van der Waals surface area contributed by atoms with Crippen molar-refractivity contribution >= 4 is 34.2 Å². The van der Waals surface area contributed by atoms with Gasteiger partial charge in [-0.15, -0.1) is 12.4 Å². The summed E-state index contributed by atoms with van der Waals surface area (Å²) < 4.78 is 26.3. The summed E-state index contributed by atoms with van der Waals surface area (Å²) in [5.41, 5.74) is 0.489. The smallest absolute Gasteiger partial charge is 0.269 e. The minimum absolute atomic E-state index is 0. The van der Waals surface area contributed by atoms with Gasteiger partial charge in [-0.25, -0.2) is 12.7 Å². The monoisotopic (exact) mass is 385 g/mol. The van der Waals surface area contributed by atoms with Crippen molar-refractivity contribution in [2.45, 2.75) is 36.7 Å². The number of carbonyl (C=O) groups excluding carboxylic acids is 2. The average molecular weight is 386 g/mol. The Labute approximate surface area is 152 Å². The van der Waals surface area contributed by atoms with Gasteiger partial charge in [0.1, 0.15) is 4.90 Å². The Bertz CT molecular complexity index is 838. The third kappa shape index (κ3) is 2.82. The zero-order valence-electron chi connectivity index (χ0n) is 13.8. The molecule has 2 aliphatic heterocycles. The van der Waals surface area contributed by atoms with Gasteiger partial charge in [0.2, 0.25) is 0 Å². The number of carbonyl (C=O) groups is 2. The van der Waals surface area contributed by atoms with Gasteiger partial charge < -0.3 is 10.2 Å². The summed E-state index contributed by atoms with van der Waals surface area (Å²) in [4.78, 5) is 26.8. The molecule has 136 valence electrons. The molecule has 0 radical (unpaired) electrons. The van der Waals surface area contributed by atoms with E-state index in [2.05, 4.69) is 5.32 Å². The molecule has 0 bridgehead atoms. The first-order valence-corrected chi connectivity index (χ1v) is 9.60. The van der Waals surface area contributed by atoms with Crippen molar-refractivity contribution in [1.82, 2.24) is 14.5 Å². The van der Waals surface area contributed by atoms with Crippen molar-refractivity contribution in [3.63, 3.8) is 0 Å². The number of nitrogens with one attached hydrogen (secondary N) is 1. The van der Waals surface area contributed by atoms with Crippen molar-refractivity contribution in [2.24, 2.45) is 0 Å². The number of nitrogens with zero attached hydrogens (tertiary/aromatic N) is 2. The van der Waals surface area contributed by atoms with Crippen LogP contribution >= 0.6 is 12.4 Å². The van der Waals surface area contributed by atoms with Crippen LogP contribution < -0.4 is 5.32 Å². The fourth-order valence-electron chi connectivity index (χ4n) is 3.36. The number of amides is 2. The molecule has 1 aromatic rings. The van der Waals surface area contributed by atoms with E-state index in [-0.39, 0.29) is 40.9 Å². The van der Waals surface area contributed by atoms with E-state index in [1.165, 1.54) is 12.1 Å². The highest BCUT2D eigenvalue weighted by Crippen LogP contribution is 2.39. The molecule has 2 fully saturated rings. The molecular formula is C16H20ClN3O4S. The predicted molar refractivity (Wildman–Crippen MR) is 93.4 cm³/mol. The lowest BCUT2D eigenvalue weighted by Crippen LogP contribution is -2.52. The van der Waals surface area contributed by atoms with Gasteiger partial charge in [-0.05, 0) is 38.0 Å². The SMILES string of the molecule is C[C@H]1CNCCN1C(=O)c1ccc2c(c1)S(=O)(=O)N(C1CC1)C2=O.Cl. The van der Waals surface area contributed by atoms with Gasteiger partial charge in [0.05, 0.1) is 5.56 Å². The zero-order valence-corrected chi connectivity index (χ0v) is 15.4. The predicted octanol–water partition coefficient (Wildman–Crippen LogP) is 0.849. The number of rotatable bonds is 2. The van der Waals surface area contributed by atoms with Crippen molar-refractivity contribution in [3.8, 4) is 0 Å². The van der Waals surface area contributed by atoms with E-state index < -0.39 is 15.9 Å². The van der Waals surface area contributed by atoms with Crippen LogP contribution in [0.25, 0.3) is 0 Å². The second kappa shape index (κ2) is 6.26. The molecule has 1 saturated heterocycles. The van der Waals surface area contributed by atoms with Crippen LogP contribution in [0, 0.1) is 0 Å².